The first-order valence-electron chi connectivity index (χ1n) is 11.8. The molecule has 1 N–H and O–H groups in total. The van der Waals surface area contributed by atoms with Crippen molar-refractivity contribution < 1.29 is 23.1 Å². The van der Waals surface area contributed by atoms with E-state index in [0.29, 0.717) is 12.8 Å². The van der Waals surface area contributed by atoms with Crippen LogP contribution in [-0.4, -0.2) is 23.2 Å². The smallest absolute Gasteiger partial charge is 0.338 e. The maximum atomic E-state index is 15.4. The highest BCUT2D eigenvalue weighted by Gasteiger charge is 2.67. The number of hydrogen-bond acceptors (Lipinski definition) is 1. The first kappa shape index (κ1) is 22.9. The molecule has 0 spiro atoms. The summed E-state index contributed by atoms with van der Waals surface area (Å²) in [6.45, 7) is 8.31. The van der Waals surface area contributed by atoms with Crippen LogP contribution in [0.15, 0.2) is 0 Å². The van der Waals surface area contributed by atoms with Gasteiger partial charge < -0.3 is 5.11 Å². The monoisotopic (exact) mass is 416 g/mol. The summed E-state index contributed by atoms with van der Waals surface area (Å²) in [7, 11) is 0. The highest BCUT2D eigenvalue weighted by atomic mass is 19.3. The number of alkyl halides is 3. The van der Waals surface area contributed by atoms with Crippen LogP contribution in [0.3, 0.4) is 0 Å². The number of halogens is 3. The predicted molar refractivity (Wildman–Crippen MR) is 109 cm³/mol. The minimum Gasteiger partial charge on any atom is -0.479 e. The molecule has 0 aromatic heterocycles. The van der Waals surface area contributed by atoms with Crippen molar-refractivity contribution >= 4 is 5.97 Å². The minimum atomic E-state index is -2.64. The van der Waals surface area contributed by atoms with E-state index in [1.807, 2.05) is 20.8 Å². The highest BCUT2D eigenvalue weighted by molar-refractivity contribution is 5.72. The van der Waals surface area contributed by atoms with Crippen molar-refractivity contribution in [2.45, 2.75) is 104 Å². The Kier molecular flexibility index (Phi) is 6.38. The van der Waals surface area contributed by atoms with Gasteiger partial charge in [-0.05, 0) is 79.4 Å². The van der Waals surface area contributed by atoms with E-state index in [9.17, 15) is 9.18 Å². The van der Waals surface area contributed by atoms with E-state index in [-0.39, 0.29) is 47.3 Å². The Morgan fingerprint density at radius 3 is 2.31 bits per heavy atom. The SMILES string of the molecule is CC.CC12CCC3C(C1CCC2CC(F)C(=O)O)C(F)(F)CC1CCCCC13C. The van der Waals surface area contributed by atoms with Crippen LogP contribution in [0, 0.1) is 40.4 Å². The van der Waals surface area contributed by atoms with Crippen LogP contribution in [0.25, 0.3) is 0 Å². The van der Waals surface area contributed by atoms with Crippen molar-refractivity contribution in [3.8, 4) is 0 Å². The molecule has 168 valence electrons. The molecule has 0 aromatic carbocycles. The summed E-state index contributed by atoms with van der Waals surface area (Å²) in [5.41, 5.74) is -0.323. The van der Waals surface area contributed by atoms with Crippen molar-refractivity contribution in [1.29, 1.82) is 0 Å². The number of aliphatic carboxylic acids is 1. The average Bonchev–Trinajstić information content (AvgIpc) is 3.00. The number of carbonyl (C=O) groups is 1. The molecule has 0 saturated heterocycles. The third kappa shape index (κ3) is 3.63. The Hall–Kier alpha value is -0.740. The third-order valence-corrected chi connectivity index (χ3v) is 9.53. The zero-order chi connectivity index (χ0) is 21.6. The van der Waals surface area contributed by atoms with Gasteiger partial charge in [-0.25, -0.2) is 18.0 Å². The van der Waals surface area contributed by atoms with Gasteiger partial charge in [-0.3, -0.25) is 0 Å². The number of hydrogen-bond donors (Lipinski definition) is 1. The second kappa shape index (κ2) is 8.07. The fourth-order valence-corrected chi connectivity index (χ4v) is 8.03. The first-order valence-corrected chi connectivity index (χ1v) is 11.8. The first-order chi connectivity index (χ1) is 13.6. The Labute approximate surface area is 174 Å². The summed E-state index contributed by atoms with van der Waals surface area (Å²) in [6.07, 6.45) is 5.35. The van der Waals surface area contributed by atoms with Crippen molar-refractivity contribution in [2.75, 3.05) is 0 Å². The van der Waals surface area contributed by atoms with Crippen LogP contribution in [-0.2, 0) is 4.79 Å². The van der Waals surface area contributed by atoms with E-state index < -0.39 is 24.0 Å². The fourth-order valence-electron chi connectivity index (χ4n) is 8.03. The van der Waals surface area contributed by atoms with Gasteiger partial charge in [-0.1, -0.05) is 40.5 Å². The van der Waals surface area contributed by atoms with Crippen LogP contribution >= 0.6 is 0 Å². The molecule has 0 aliphatic heterocycles. The zero-order valence-corrected chi connectivity index (χ0v) is 18.5. The Balaban J connectivity index is 0.00000117. The lowest BCUT2D eigenvalue weighted by molar-refractivity contribution is -0.232. The van der Waals surface area contributed by atoms with Gasteiger partial charge in [0.05, 0.1) is 0 Å². The summed E-state index contributed by atoms with van der Waals surface area (Å²) >= 11 is 0. The maximum Gasteiger partial charge on any atom is 0.338 e. The molecule has 0 aromatic rings. The van der Waals surface area contributed by atoms with Gasteiger partial charge in [0.1, 0.15) is 0 Å². The van der Waals surface area contributed by atoms with Crippen molar-refractivity contribution in [2.24, 2.45) is 40.4 Å². The molecular weight excluding hydrogens is 377 g/mol. The van der Waals surface area contributed by atoms with E-state index in [2.05, 4.69) is 6.92 Å². The Bertz CT molecular complexity index is 609. The van der Waals surface area contributed by atoms with Gasteiger partial charge in [-0.2, -0.15) is 0 Å². The number of carboxylic acids is 1. The summed E-state index contributed by atoms with van der Waals surface area (Å²) in [6, 6.07) is 0. The summed E-state index contributed by atoms with van der Waals surface area (Å²) < 4.78 is 44.8. The van der Waals surface area contributed by atoms with E-state index in [0.717, 1.165) is 38.5 Å². The molecule has 0 heterocycles. The molecule has 0 radical (unpaired) electrons. The molecular formula is C24H39F3O2. The molecule has 8 atom stereocenters. The molecule has 4 rings (SSSR count). The van der Waals surface area contributed by atoms with Gasteiger partial charge in [-0.15, -0.1) is 0 Å². The molecule has 4 aliphatic rings. The van der Waals surface area contributed by atoms with Crippen LogP contribution in [0.4, 0.5) is 13.2 Å². The zero-order valence-electron chi connectivity index (χ0n) is 18.5. The second-order valence-corrected chi connectivity index (χ2v) is 10.5. The number of fused-ring (bicyclic) bond motifs is 5. The number of rotatable bonds is 3. The van der Waals surface area contributed by atoms with Crippen LogP contribution < -0.4 is 0 Å². The quantitative estimate of drug-likeness (QED) is 0.532. The Morgan fingerprint density at radius 1 is 1.00 bits per heavy atom. The summed E-state index contributed by atoms with van der Waals surface area (Å²) in [5, 5.41) is 8.96. The van der Waals surface area contributed by atoms with Gasteiger partial charge in [0.15, 0.2) is 6.17 Å². The largest absolute Gasteiger partial charge is 0.479 e. The Morgan fingerprint density at radius 2 is 1.66 bits per heavy atom. The van der Waals surface area contributed by atoms with Crippen molar-refractivity contribution in [3.05, 3.63) is 0 Å². The molecule has 2 nitrogen and oxygen atoms in total. The lowest BCUT2D eigenvalue weighted by Gasteiger charge is -2.62. The number of carboxylic acid groups (broad SMARTS) is 1. The normalized spacial score (nSPS) is 46.4. The van der Waals surface area contributed by atoms with E-state index in [1.165, 1.54) is 0 Å². The highest BCUT2D eigenvalue weighted by Crippen LogP contribution is 2.70. The standard InChI is InChI=1S/C22H33F3O2.C2H6/c1-20-9-4-3-5-14(20)12-22(24,25)18-15-7-6-13(11-17(23)19(26)27)21(15,2)10-8-16(18)20;1-2/h13-18H,3-12H2,1-2H3,(H,26,27);1-2H3. The van der Waals surface area contributed by atoms with Gasteiger partial charge >= 0.3 is 5.97 Å². The summed E-state index contributed by atoms with van der Waals surface area (Å²) in [4.78, 5) is 11.0. The molecule has 4 aliphatic carbocycles. The predicted octanol–water partition coefficient (Wildman–Crippen LogP) is 7.12. The van der Waals surface area contributed by atoms with E-state index in [1.54, 1.807) is 0 Å². The molecule has 4 fully saturated rings. The third-order valence-electron chi connectivity index (χ3n) is 9.53. The van der Waals surface area contributed by atoms with E-state index in [4.69, 9.17) is 5.11 Å². The molecule has 8 unspecified atom stereocenters. The van der Waals surface area contributed by atoms with Crippen LogP contribution in [0.1, 0.15) is 91.9 Å². The molecule has 0 bridgehead atoms. The molecule has 29 heavy (non-hydrogen) atoms. The van der Waals surface area contributed by atoms with E-state index >= 15 is 8.78 Å². The van der Waals surface area contributed by atoms with Crippen molar-refractivity contribution in [3.63, 3.8) is 0 Å². The summed E-state index contributed by atoms with van der Waals surface area (Å²) in [5.74, 6) is -4.68. The minimum absolute atomic E-state index is 0.0166. The van der Waals surface area contributed by atoms with Gasteiger partial charge in [0, 0.05) is 12.3 Å². The molecule has 5 heteroatoms. The van der Waals surface area contributed by atoms with Crippen molar-refractivity contribution in [1.82, 2.24) is 0 Å². The van der Waals surface area contributed by atoms with Crippen LogP contribution in [0.2, 0.25) is 0 Å². The second-order valence-electron chi connectivity index (χ2n) is 10.5. The van der Waals surface area contributed by atoms with Gasteiger partial charge in [0.2, 0.25) is 0 Å². The average molecular weight is 417 g/mol. The van der Waals surface area contributed by atoms with Gasteiger partial charge in [0.25, 0.3) is 5.92 Å². The lowest BCUT2D eigenvalue weighted by atomic mass is 9.44. The fraction of sp³-hybridized carbons (Fsp3) is 0.958. The molecule has 4 saturated carbocycles. The van der Waals surface area contributed by atoms with Crippen LogP contribution in [0.5, 0.6) is 0 Å². The lowest BCUT2D eigenvalue weighted by Crippen LogP contribution is -2.60. The topological polar surface area (TPSA) is 37.3 Å². The maximum absolute atomic E-state index is 15.4. The molecule has 0 amide bonds.